The van der Waals surface area contributed by atoms with Crippen molar-refractivity contribution in [3.8, 4) is 0 Å². The summed E-state index contributed by atoms with van der Waals surface area (Å²) >= 11 is 6.15. The van der Waals surface area contributed by atoms with E-state index in [-0.39, 0.29) is 17.1 Å². The van der Waals surface area contributed by atoms with E-state index in [0.29, 0.717) is 34.0 Å². The Balaban J connectivity index is 1.71. The minimum absolute atomic E-state index is 0.110. The molecule has 0 radical (unpaired) electrons. The Bertz CT molecular complexity index is 1370. The molecule has 0 spiro atoms. The van der Waals surface area contributed by atoms with Crippen molar-refractivity contribution in [1.82, 2.24) is 4.90 Å². The second kappa shape index (κ2) is 7.95. The predicted octanol–water partition coefficient (Wildman–Crippen LogP) is 6.32. The van der Waals surface area contributed by atoms with Crippen LogP contribution in [0.3, 0.4) is 0 Å². The SMILES string of the molecule is CC(C)c1ccc([C@H]2c3c(oc4ccc(Cl)cc4c3=O)C(=O)N2Cc2ccccc2)cc1. The third kappa shape index (κ3) is 3.41. The van der Waals surface area contributed by atoms with Crippen LogP contribution in [0.2, 0.25) is 5.02 Å². The number of benzene rings is 3. The fourth-order valence-electron chi connectivity index (χ4n) is 4.35. The van der Waals surface area contributed by atoms with Crippen LogP contribution in [0, 0.1) is 0 Å². The number of hydrogen-bond acceptors (Lipinski definition) is 3. The van der Waals surface area contributed by atoms with E-state index in [4.69, 9.17) is 16.0 Å². The molecule has 1 aromatic heterocycles. The molecule has 0 fully saturated rings. The zero-order valence-electron chi connectivity index (χ0n) is 17.8. The fraction of sp³-hybridized carbons (Fsp3) is 0.185. The summed E-state index contributed by atoms with van der Waals surface area (Å²) in [6.45, 7) is 4.64. The first-order valence-corrected chi connectivity index (χ1v) is 11.0. The fourth-order valence-corrected chi connectivity index (χ4v) is 4.52. The van der Waals surface area contributed by atoms with Gasteiger partial charge in [-0.25, -0.2) is 0 Å². The van der Waals surface area contributed by atoms with Gasteiger partial charge in [0.1, 0.15) is 5.58 Å². The van der Waals surface area contributed by atoms with Gasteiger partial charge in [0.05, 0.1) is 17.0 Å². The Morgan fingerprint density at radius 3 is 2.38 bits per heavy atom. The van der Waals surface area contributed by atoms with Gasteiger partial charge in [-0.05, 0) is 40.8 Å². The number of rotatable bonds is 4. The van der Waals surface area contributed by atoms with Gasteiger partial charge >= 0.3 is 0 Å². The molecule has 0 N–H and O–H groups in total. The molecule has 1 aliphatic rings. The van der Waals surface area contributed by atoms with Crippen LogP contribution in [0.25, 0.3) is 11.0 Å². The summed E-state index contributed by atoms with van der Waals surface area (Å²) in [5.74, 6) is 0.215. The minimum Gasteiger partial charge on any atom is -0.450 e. The van der Waals surface area contributed by atoms with E-state index >= 15 is 0 Å². The largest absolute Gasteiger partial charge is 0.450 e. The highest BCUT2D eigenvalue weighted by molar-refractivity contribution is 6.31. The molecule has 1 amide bonds. The van der Waals surface area contributed by atoms with Crippen molar-refractivity contribution >= 4 is 28.5 Å². The Labute approximate surface area is 191 Å². The van der Waals surface area contributed by atoms with Crippen LogP contribution in [-0.4, -0.2) is 10.8 Å². The highest BCUT2D eigenvalue weighted by Gasteiger charge is 2.42. The van der Waals surface area contributed by atoms with Gasteiger partial charge in [-0.2, -0.15) is 0 Å². The smallest absolute Gasteiger partial charge is 0.291 e. The number of fused-ring (bicyclic) bond motifs is 2. The maximum Gasteiger partial charge on any atom is 0.291 e. The van der Waals surface area contributed by atoms with Gasteiger partial charge in [0.15, 0.2) is 5.43 Å². The maximum atomic E-state index is 13.6. The molecule has 0 unspecified atom stereocenters. The molecular formula is C27H22ClNO3. The van der Waals surface area contributed by atoms with Crippen LogP contribution >= 0.6 is 11.6 Å². The van der Waals surface area contributed by atoms with E-state index in [9.17, 15) is 9.59 Å². The lowest BCUT2D eigenvalue weighted by Gasteiger charge is -2.25. The molecule has 0 bridgehead atoms. The number of nitrogens with zero attached hydrogens (tertiary/aromatic N) is 1. The van der Waals surface area contributed by atoms with Crippen LogP contribution < -0.4 is 5.43 Å². The number of carbonyl (C=O) groups excluding carboxylic acids is 1. The average molecular weight is 444 g/mol. The zero-order chi connectivity index (χ0) is 22.4. The van der Waals surface area contributed by atoms with Crippen molar-refractivity contribution < 1.29 is 9.21 Å². The highest BCUT2D eigenvalue weighted by atomic mass is 35.5. The summed E-state index contributed by atoms with van der Waals surface area (Å²) in [5.41, 5.74) is 3.58. The van der Waals surface area contributed by atoms with Crippen molar-refractivity contribution in [3.05, 3.63) is 116 Å². The molecule has 4 nitrogen and oxygen atoms in total. The first kappa shape index (κ1) is 20.5. The van der Waals surface area contributed by atoms with Crippen molar-refractivity contribution in [2.24, 2.45) is 0 Å². The summed E-state index contributed by atoms with van der Waals surface area (Å²) in [5, 5.41) is 0.836. The maximum absolute atomic E-state index is 13.6. The first-order valence-electron chi connectivity index (χ1n) is 10.6. The zero-order valence-corrected chi connectivity index (χ0v) is 18.6. The van der Waals surface area contributed by atoms with Crippen molar-refractivity contribution in [1.29, 1.82) is 0 Å². The number of hydrogen-bond donors (Lipinski definition) is 0. The summed E-state index contributed by atoms with van der Waals surface area (Å²) in [6.07, 6.45) is 0. The summed E-state index contributed by atoms with van der Waals surface area (Å²) in [7, 11) is 0. The number of amides is 1. The quantitative estimate of drug-likeness (QED) is 0.371. The summed E-state index contributed by atoms with van der Waals surface area (Å²) in [4.78, 5) is 28.8. The van der Waals surface area contributed by atoms with Crippen LogP contribution in [-0.2, 0) is 6.54 Å². The number of halogens is 1. The molecule has 3 aromatic carbocycles. The van der Waals surface area contributed by atoms with Gasteiger partial charge < -0.3 is 9.32 Å². The molecule has 2 heterocycles. The van der Waals surface area contributed by atoms with Crippen LogP contribution in [0.5, 0.6) is 0 Å². The van der Waals surface area contributed by atoms with Crippen LogP contribution in [0.15, 0.2) is 82.0 Å². The molecular weight excluding hydrogens is 422 g/mol. The Morgan fingerprint density at radius 1 is 0.969 bits per heavy atom. The van der Waals surface area contributed by atoms with E-state index in [2.05, 4.69) is 26.0 Å². The Kier molecular flexibility index (Phi) is 5.10. The van der Waals surface area contributed by atoms with E-state index in [1.807, 2.05) is 42.5 Å². The molecule has 5 rings (SSSR count). The van der Waals surface area contributed by atoms with Crippen LogP contribution in [0.1, 0.15) is 58.6 Å². The first-order chi connectivity index (χ1) is 15.4. The summed E-state index contributed by atoms with van der Waals surface area (Å²) in [6, 6.07) is 22.3. The predicted molar refractivity (Wildman–Crippen MR) is 126 cm³/mol. The molecule has 1 atom stereocenters. The summed E-state index contributed by atoms with van der Waals surface area (Å²) < 4.78 is 5.98. The van der Waals surface area contributed by atoms with Gasteiger partial charge in [0.2, 0.25) is 5.76 Å². The molecule has 0 aliphatic carbocycles. The molecule has 5 heteroatoms. The molecule has 4 aromatic rings. The highest BCUT2D eigenvalue weighted by Crippen LogP contribution is 2.39. The van der Waals surface area contributed by atoms with E-state index < -0.39 is 6.04 Å². The van der Waals surface area contributed by atoms with Gasteiger partial charge in [0.25, 0.3) is 5.91 Å². The third-order valence-corrected chi connectivity index (χ3v) is 6.28. The van der Waals surface area contributed by atoms with Crippen molar-refractivity contribution in [2.75, 3.05) is 0 Å². The molecule has 1 aliphatic heterocycles. The van der Waals surface area contributed by atoms with E-state index in [0.717, 1.165) is 11.1 Å². The van der Waals surface area contributed by atoms with E-state index in [1.54, 1.807) is 23.1 Å². The standard InChI is InChI=1S/C27H22ClNO3/c1-16(2)18-8-10-19(11-9-18)24-23-25(30)21-14-20(28)12-13-22(21)32-26(23)27(31)29(24)15-17-6-4-3-5-7-17/h3-14,16,24H,15H2,1-2H3/t24-/m0/s1. The van der Waals surface area contributed by atoms with Crippen molar-refractivity contribution in [2.45, 2.75) is 32.4 Å². The van der Waals surface area contributed by atoms with Crippen molar-refractivity contribution in [3.63, 3.8) is 0 Å². The topological polar surface area (TPSA) is 50.5 Å². The molecule has 0 saturated heterocycles. The Morgan fingerprint density at radius 2 is 1.69 bits per heavy atom. The van der Waals surface area contributed by atoms with Gasteiger partial charge in [0, 0.05) is 11.6 Å². The second-order valence-corrected chi connectivity index (χ2v) is 8.89. The Hall–Kier alpha value is -3.37. The lowest BCUT2D eigenvalue weighted by atomic mass is 9.95. The minimum atomic E-state index is -0.529. The lowest BCUT2D eigenvalue weighted by Crippen LogP contribution is -2.29. The second-order valence-electron chi connectivity index (χ2n) is 8.46. The van der Waals surface area contributed by atoms with Gasteiger partial charge in [-0.15, -0.1) is 0 Å². The van der Waals surface area contributed by atoms with Gasteiger partial charge in [-0.3, -0.25) is 9.59 Å². The average Bonchev–Trinajstić information content (AvgIpc) is 3.07. The lowest BCUT2D eigenvalue weighted by molar-refractivity contribution is 0.0714. The van der Waals surface area contributed by atoms with E-state index in [1.165, 1.54) is 5.56 Å². The van der Waals surface area contributed by atoms with Gasteiger partial charge in [-0.1, -0.05) is 80.0 Å². The number of carbonyl (C=O) groups is 1. The van der Waals surface area contributed by atoms with Crippen LogP contribution in [0.4, 0.5) is 0 Å². The molecule has 160 valence electrons. The monoisotopic (exact) mass is 443 g/mol. The normalized spacial score (nSPS) is 15.6. The third-order valence-electron chi connectivity index (χ3n) is 6.04. The molecule has 0 saturated carbocycles. The molecule has 32 heavy (non-hydrogen) atoms.